The van der Waals surface area contributed by atoms with Gasteiger partial charge in [-0.1, -0.05) is 6.92 Å². The Hall–Kier alpha value is -1.11. The Morgan fingerprint density at radius 1 is 1.33 bits per heavy atom. The summed E-state index contributed by atoms with van der Waals surface area (Å²) in [6, 6.07) is 0. The molecule has 0 unspecified atom stereocenters. The Morgan fingerprint density at radius 2 is 1.73 bits per heavy atom. The number of ether oxygens (including phenoxy) is 1. The molecule has 0 spiro atoms. The van der Waals surface area contributed by atoms with E-state index < -0.39 is 11.4 Å². The number of hydrogen-bond donors (Lipinski definition) is 4. The fourth-order valence-corrected chi connectivity index (χ4v) is 0.616. The van der Waals surface area contributed by atoms with Gasteiger partial charge in [0.2, 0.25) is 5.76 Å². The minimum Gasteiger partial charge on any atom is -0.475 e. The lowest BCUT2D eigenvalue weighted by Crippen LogP contribution is -2.32. The fraction of sp³-hybridized carbons (Fsp3) is 0.667. The van der Waals surface area contributed by atoms with Gasteiger partial charge in [0.15, 0.2) is 0 Å². The summed E-state index contributed by atoms with van der Waals surface area (Å²) in [5.41, 5.74) is -0.667. The zero-order valence-corrected chi connectivity index (χ0v) is 8.51. The van der Waals surface area contributed by atoms with Crippen LogP contribution in [0.1, 0.15) is 13.3 Å². The van der Waals surface area contributed by atoms with Crippen LogP contribution in [0.3, 0.4) is 0 Å². The van der Waals surface area contributed by atoms with Gasteiger partial charge in [0, 0.05) is 5.41 Å². The van der Waals surface area contributed by atoms with Crippen LogP contribution in [-0.2, 0) is 9.53 Å². The third-order valence-corrected chi connectivity index (χ3v) is 2.20. The summed E-state index contributed by atoms with van der Waals surface area (Å²) in [4.78, 5) is 9.57. The molecule has 0 saturated carbocycles. The maximum atomic E-state index is 9.57. The van der Waals surface area contributed by atoms with Gasteiger partial charge in [-0.2, -0.15) is 0 Å². The molecule has 0 saturated heterocycles. The molecule has 1 aliphatic rings. The highest BCUT2D eigenvalue weighted by Crippen LogP contribution is 2.18. The Bertz CT molecular complexity index is 213. The summed E-state index contributed by atoms with van der Waals surface area (Å²) in [6.45, 7) is 1.35. The molecule has 6 nitrogen and oxygen atoms in total. The van der Waals surface area contributed by atoms with E-state index in [-0.39, 0.29) is 25.6 Å². The van der Waals surface area contributed by atoms with Crippen molar-refractivity contribution >= 4 is 5.97 Å². The topological polar surface area (TPSA) is 111 Å². The molecule has 0 atom stereocenters. The summed E-state index contributed by atoms with van der Waals surface area (Å²) in [5.74, 6) is -0.940. The summed E-state index contributed by atoms with van der Waals surface area (Å²) in [7, 11) is 0. The van der Waals surface area contributed by atoms with E-state index in [9.17, 15) is 4.79 Å². The molecule has 0 aromatic rings. The second kappa shape index (κ2) is 6.39. The van der Waals surface area contributed by atoms with Gasteiger partial charge in [-0.05, 0) is 6.42 Å². The number of aliphatic hydroxyl groups is 3. The SMILES string of the molecule is CCC(CO)(CO)CO.O=C(O)C1=CO1. The average molecular weight is 220 g/mol. The van der Waals surface area contributed by atoms with Gasteiger partial charge in [0.1, 0.15) is 6.26 Å². The first-order valence-corrected chi connectivity index (χ1v) is 4.48. The lowest BCUT2D eigenvalue weighted by atomic mass is 9.88. The second-order valence-electron chi connectivity index (χ2n) is 3.23. The normalized spacial score (nSPS) is 13.2. The highest BCUT2D eigenvalue weighted by atomic mass is 16.6. The molecule has 0 aliphatic carbocycles. The summed E-state index contributed by atoms with van der Waals surface area (Å²) in [5, 5.41) is 33.8. The van der Waals surface area contributed by atoms with Crippen LogP contribution in [0.2, 0.25) is 0 Å². The average Bonchev–Trinajstić information content (AvgIpc) is 3.06. The minimum absolute atomic E-state index is 0.0509. The van der Waals surface area contributed by atoms with E-state index in [4.69, 9.17) is 20.4 Å². The van der Waals surface area contributed by atoms with Gasteiger partial charge in [-0.3, -0.25) is 0 Å². The fourth-order valence-electron chi connectivity index (χ4n) is 0.616. The van der Waals surface area contributed by atoms with Gasteiger partial charge in [-0.25, -0.2) is 4.79 Å². The van der Waals surface area contributed by atoms with Crippen molar-refractivity contribution in [2.24, 2.45) is 5.41 Å². The Balaban J connectivity index is 0.000000280. The summed E-state index contributed by atoms with van der Waals surface area (Å²) >= 11 is 0. The number of carboxylic acid groups (broad SMARTS) is 1. The lowest BCUT2D eigenvalue weighted by Gasteiger charge is -2.24. The van der Waals surface area contributed by atoms with E-state index in [1.807, 2.05) is 6.92 Å². The van der Waals surface area contributed by atoms with Crippen molar-refractivity contribution < 1.29 is 30.0 Å². The predicted octanol–water partition coefficient (Wildman–Crippen LogP) is -0.698. The van der Waals surface area contributed by atoms with E-state index in [0.717, 1.165) is 0 Å². The van der Waals surface area contributed by atoms with Crippen molar-refractivity contribution in [1.82, 2.24) is 0 Å². The Kier molecular flexibility index (Phi) is 5.92. The van der Waals surface area contributed by atoms with E-state index in [1.165, 1.54) is 6.26 Å². The largest absolute Gasteiger partial charge is 0.475 e. The molecule has 6 heteroatoms. The molecule has 0 amide bonds. The molecule has 88 valence electrons. The van der Waals surface area contributed by atoms with Gasteiger partial charge in [0.05, 0.1) is 19.8 Å². The number of carbonyl (C=O) groups is 1. The molecule has 1 aliphatic heterocycles. The van der Waals surface area contributed by atoms with Crippen LogP contribution in [-0.4, -0.2) is 46.2 Å². The monoisotopic (exact) mass is 220 g/mol. The second-order valence-corrected chi connectivity index (χ2v) is 3.23. The number of rotatable bonds is 5. The Labute approximate surface area is 87.4 Å². The van der Waals surface area contributed by atoms with Crippen molar-refractivity contribution in [3.63, 3.8) is 0 Å². The summed E-state index contributed by atoms with van der Waals surface area (Å²) < 4.78 is 4.16. The predicted molar refractivity (Wildman–Crippen MR) is 50.8 cm³/mol. The van der Waals surface area contributed by atoms with Crippen LogP contribution >= 0.6 is 0 Å². The number of aliphatic hydroxyl groups excluding tert-OH is 3. The van der Waals surface area contributed by atoms with E-state index >= 15 is 0 Å². The molecular weight excluding hydrogens is 204 g/mol. The van der Waals surface area contributed by atoms with Crippen LogP contribution in [0, 0.1) is 5.41 Å². The van der Waals surface area contributed by atoms with E-state index in [0.29, 0.717) is 6.42 Å². The highest BCUT2D eigenvalue weighted by Gasteiger charge is 2.24. The van der Waals surface area contributed by atoms with Gasteiger partial charge < -0.3 is 25.2 Å². The number of aliphatic carboxylic acids is 1. The Morgan fingerprint density at radius 3 is 1.73 bits per heavy atom. The van der Waals surface area contributed by atoms with Crippen molar-refractivity contribution in [2.45, 2.75) is 13.3 Å². The lowest BCUT2D eigenvalue weighted by molar-refractivity contribution is -0.133. The maximum absolute atomic E-state index is 9.57. The third kappa shape index (κ3) is 4.78. The van der Waals surface area contributed by atoms with E-state index in [2.05, 4.69) is 4.74 Å². The molecule has 1 rings (SSSR count). The van der Waals surface area contributed by atoms with Crippen LogP contribution < -0.4 is 0 Å². The highest BCUT2D eigenvalue weighted by molar-refractivity contribution is 5.86. The van der Waals surface area contributed by atoms with Crippen molar-refractivity contribution in [3.05, 3.63) is 12.0 Å². The first-order valence-electron chi connectivity index (χ1n) is 4.48. The van der Waals surface area contributed by atoms with Crippen LogP contribution in [0.25, 0.3) is 0 Å². The standard InChI is InChI=1S/C6H14O3.C3H2O3/c1-2-6(3-7,4-8)5-9;4-3(5)2-1-6-2/h7-9H,2-5H2,1H3;1H,(H,4,5). The molecule has 4 N–H and O–H groups in total. The number of carboxylic acids is 1. The van der Waals surface area contributed by atoms with Crippen LogP contribution in [0.15, 0.2) is 12.0 Å². The van der Waals surface area contributed by atoms with Crippen LogP contribution in [0.4, 0.5) is 0 Å². The first-order chi connectivity index (χ1) is 7.05. The quantitative estimate of drug-likeness (QED) is 0.487. The zero-order valence-electron chi connectivity index (χ0n) is 8.51. The van der Waals surface area contributed by atoms with Crippen LogP contribution in [0.5, 0.6) is 0 Å². The molecule has 0 fully saturated rings. The first kappa shape index (κ1) is 13.9. The number of hydrogen-bond acceptors (Lipinski definition) is 5. The van der Waals surface area contributed by atoms with Crippen molar-refractivity contribution in [3.8, 4) is 0 Å². The molecule has 0 bridgehead atoms. The molecule has 0 aromatic carbocycles. The third-order valence-electron chi connectivity index (χ3n) is 2.20. The smallest absolute Gasteiger partial charge is 0.375 e. The molecule has 0 aromatic heterocycles. The molecular formula is C9H16O6. The van der Waals surface area contributed by atoms with Gasteiger partial charge >= 0.3 is 5.97 Å². The van der Waals surface area contributed by atoms with Gasteiger partial charge in [0.25, 0.3) is 0 Å². The van der Waals surface area contributed by atoms with E-state index in [1.54, 1.807) is 0 Å². The summed E-state index contributed by atoms with van der Waals surface area (Å²) in [6.07, 6.45) is 1.78. The van der Waals surface area contributed by atoms with Crippen molar-refractivity contribution in [1.29, 1.82) is 0 Å². The minimum atomic E-state index is -0.991. The molecule has 15 heavy (non-hydrogen) atoms. The molecule has 1 heterocycles. The van der Waals surface area contributed by atoms with Crippen molar-refractivity contribution in [2.75, 3.05) is 19.8 Å². The zero-order chi connectivity index (χ0) is 11.9. The van der Waals surface area contributed by atoms with Gasteiger partial charge in [-0.15, -0.1) is 0 Å². The maximum Gasteiger partial charge on any atom is 0.375 e. The molecule has 0 radical (unpaired) electrons.